The molecule has 0 radical (unpaired) electrons. The van der Waals surface area contributed by atoms with Crippen molar-refractivity contribution in [2.45, 2.75) is 12.5 Å². The number of thiophene rings is 1. The van der Waals surface area contributed by atoms with E-state index in [1.807, 2.05) is 36.1 Å². The maximum atomic E-state index is 5.56. The van der Waals surface area contributed by atoms with Crippen LogP contribution in [0.3, 0.4) is 0 Å². The van der Waals surface area contributed by atoms with Crippen molar-refractivity contribution < 1.29 is 4.42 Å². The molecule has 0 aromatic carbocycles. The van der Waals surface area contributed by atoms with Gasteiger partial charge in [0.05, 0.1) is 10.0 Å². The summed E-state index contributed by atoms with van der Waals surface area (Å²) >= 11 is 5.27. The molecule has 4 nitrogen and oxygen atoms in total. The molecule has 0 saturated carbocycles. The van der Waals surface area contributed by atoms with E-state index in [0.29, 0.717) is 0 Å². The molecule has 0 saturated heterocycles. The van der Waals surface area contributed by atoms with Crippen LogP contribution in [0.2, 0.25) is 0 Å². The third-order valence-corrected chi connectivity index (χ3v) is 4.98. The van der Waals surface area contributed by atoms with Crippen LogP contribution in [0, 0.1) is 0 Å². The first kappa shape index (κ1) is 14.6. The Morgan fingerprint density at radius 1 is 1.43 bits per heavy atom. The SMILES string of the molecule is Cn1ccnc1C(NCCc1ccc(Br)s1)c1ccco1. The predicted octanol–water partition coefficient (Wildman–Crippen LogP) is 3.76. The molecule has 6 heteroatoms. The highest BCUT2D eigenvalue weighted by molar-refractivity contribution is 9.11. The second-order valence-electron chi connectivity index (χ2n) is 4.75. The maximum absolute atomic E-state index is 5.56. The number of furan rings is 1. The van der Waals surface area contributed by atoms with Gasteiger partial charge in [0.2, 0.25) is 0 Å². The summed E-state index contributed by atoms with van der Waals surface area (Å²) in [5.41, 5.74) is 0. The minimum Gasteiger partial charge on any atom is -0.467 e. The number of rotatable bonds is 6. The fraction of sp³-hybridized carbons (Fsp3) is 0.267. The van der Waals surface area contributed by atoms with Gasteiger partial charge in [-0.3, -0.25) is 0 Å². The molecule has 1 N–H and O–H groups in total. The van der Waals surface area contributed by atoms with Gasteiger partial charge in [0.15, 0.2) is 0 Å². The third kappa shape index (κ3) is 3.45. The van der Waals surface area contributed by atoms with E-state index in [9.17, 15) is 0 Å². The van der Waals surface area contributed by atoms with Crippen LogP contribution in [0.25, 0.3) is 0 Å². The van der Waals surface area contributed by atoms with Gasteiger partial charge in [-0.2, -0.15) is 0 Å². The van der Waals surface area contributed by atoms with Crippen molar-refractivity contribution in [3.63, 3.8) is 0 Å². The van der Waals surface area contributed by atoms with Gasteiger partial charge in [-0.1, -0.05) is 0 Å². The Morgan fingerprint density at radius 3 is 2.95 bits per heavy atom. The Balaban J connectivity index is 1.70. The zero-order chi connectivity index (χ0) is 14.7. The molecule has 0 bridgehead atoms. The first-order valence-electron chi connectivity index (χ1n) is 6.72. The highest BCUT2D eigenvalue weighted by Crippen LogP contribution is 2.23. The zero-order valence-corrected chi connectivity index (χ0v) is 14.0. The molecule has 1 atom stereocenters. The molecule has 3 aromatic heterocycles. The molecule has 0 aliphatic carbocycles. The summed E-state index contributed by atoms with van der Waals surface area (Å²) in [6.45, 7) is 0.866. The third-order valence-electron chi connectivity index (χ3n) is 3.29. The summed E-state index contributed by atoms with van der Waals surface area (Å²) in [5.74, 6) is 1.84. The predicted molar refractivity (Wildman–Crippen MR) is 87.5 cm³/mol. The monoisotopic (exact) mass is 365 g/mol. The van der Waals surface area contributed by atoms with Gasteiger partial charge in [0.25, 0.3) is 0 Å². The first-order chi connectivity index (χ1) is 10.2. The maximum Gasteiger partial charge on any atom is 0.133 e. The summed E-state index contributed by atoms with van der Waals surface area (Å²) in [6, 6.07) is 8.10. The van der Waals surface area contributed by atoms with E-state index in [0.717, 1.165) is 24.6 Å². The van der Waals surface area contributed by atoms with Crippen molar-refractivity contribution in [2.75, 3.05) is 6.54 Å². The molecular formula is C15H16BrN3OS. The molecule has 0 aliphatic heterocycles. The van der Waals surface area contributed by atoms with Crippen LogP contribution in [0.15, 0.2) is 51.1 Å². The molecule has 110 valence electrons. The van der Waals surface area contributed by atoms with Crippen LogP contribution >= 0.6 is 27.3 Å². The van der Waals surface area contributed by atoms with Crippen LogP contribution in [0.1, 0.15) is 22.5 Å². The zero-order valence-electron chi connectivity index (χ0n) is 11.6. The Bertz CT molecular complexity index is 689. The van der Waals surface area contributed by atoms with E-state index < -0.39 is 0 Å². The molecular weight excluding hydrogens is 350 g/mol. The standard InChI is InChI=1S/C15H16BrN3OS/c1-19-9-8-18-15(19)14(12-3-2-10-20-12)17-7-6-11-4-5-13(16)21-11/h2-5,8-10,14,17H,6-7H2,1H3. The van der Waals surface area contributed by atoms with Crippen LogP contribution < -0.4 is 5.32 Å². The van der Waals surface area contributed by atoms with E-state index in [2.05, 4.69) is 38.4 Å². The van der Waals surface area contributed by atoms with Crippen LogP contribution in [0.5, 0.6) is 0 Å². The van der Waals surface area contributed by atoms with Crippen molar-refractivity contribution >= 4 is 27.3 Å². The summed E-state index contributed by atoms with van der Waals surface area (Å²) in [4.78, 5) is 5.79. The molecule has 1 unspecified atom stereocenters. The van der Waals surface area contributed by atoms with Gasteiger partial charge in [0, 0.05) is 30.9 Å². The quantitative estimate of drug-likeness (QED) is 0.723. The molecule has 21 heavy (non-hydrogen) atoms. The van der Waals surface area contributed by atoms with Gasteiger partial charge < -0.3 is 14.3 Å². The lowest BCUT2D eigenvalue weighted by Crippen LogP contribution is -2.26. The van der Waals surface area contributed by atoms with Crippen LogP contribution in [-0.4, -0.2) is 16.1 Å². The van der Waals surface area contributed by atoms with E-state index in [4.69, 9.17) is 4.42 Å². The lowest BCUT2D eigenvalue weighted by Gasteiger charge is -2.16. The number of halogens is 1. The average molecular weight is 366 g/mol. The van der Waals surface area contributed by atoms with Gasteiger partial charge >= 0.3 is 0 Å². The fourth-order valence-electron chi connectivity index (χ4n) is 2.26. The second kappa shape index (κ2) is 6.60. The molecule has 3 aromatic rings. The number of nitrogens with one attached hydrogen (secondary N) is 1. The fourth-order valence-corrected chi connectivity index (χ4v) is 3.74. The number of hydrogen-bond donors (Lipinski definition) is 1. The van der Waals surface area contributed by atoms with Crippen LogP contribution in [-0.2, 0) is 13.5 Å². The molecule has 0 amide bonds. The van der Waals surface area contributed by atoms with E-state index in [1.54, 1.807) is 17.6 Å². The van der Waals surface area contributed by atoms with Crippen molar-refractivity contribution in [1.29, 1.82) is 0 Å². The first-order valence-corrected chi connectivity index (χ1v) is 8.33. The summed E-state index contributed by atoms with van der Waals surface area (Å²) in [5, 5.41) is 3.54. The van der Waals surface area contributed by atoms with Crippen LogP contribution in [0.4, 0.5) is 0 Å². The van der Waals surface area contributed by atoms with Crippen molar-refractivity contribution in [2.24, 2.45) is 7.05 Å². The normalized spacial score (nSPS) is 12.7. The summed E-state index contributed by atoms with van der Waals surface area (Å²) in [7, 11) is 2.00. The minimum absolute atomic E-state index is 0.0246. The van der Waals surface area contributed by atoms with E-state index >= 15 is 0 Å². The topological polar surface area (TPSA) is 43.0 Å². The molecule has 3 heterocycles. The highest BCUT2D eigenvalue weighted by Gasteiger charge is 2.20. The molecule has 3 rings (SSSR count). The van der Waals surface area contributed by atoms with E-state index in [1.165, 1.54) is 8.66 Å². The summed E-state index contributed by atoms with van der Waals surface area (Å²) < 4.78 is 8.75. The minimum atomic E-state index is -0.0246. The van der Waals surface area contributed by atoms with E-state index in [-0.39, 0.29) is 6.04 Å². The van der Waals surface area contributed by atoms with Gasteiger partial charge in [0.1, 0.15) is 17.6 Å². The number of imidazole rings is 1. The highest BCUT2D eigenvalue weighted by atomic mass is 79.9. The largest absolute Gasteiger partial charge is 0.467 e. The van der Waals surface area contributed by atoms with Gasteiger partial charge in [-0.15, -0.1) is 11.3 Å². The second-order valence-corrected chi connectivity index (χ2v) is 7.30. The Kier molecular flexibility index (Phi) is 4.57. The Hall–Kier alpha value is -1.37. The Morgan fingerprint density at radius 2 is 2.33 bits per heavy atom. The molecule has 0 fully saturated rings. The van der Waals surface area contributed by atoms with Gasteiger partial charge in [-0.05, 0) is 46.6 Å². The van der Waals surface area contributed by atoms with Crippen molar-refractivity contribution in [3.8, 4) is 0 Å². The van der Waals surface area contributed by atoms with Crippen molar-refractivity contribution in [3.05, 3.63) is 63.2 Å². The number of nitrogens with zero attached hydrogens (tertiary/aromatic N) is 2. The lowest BCUT2D eigenvalue weighted by atomic mass is 10.2. The number of hydrogen-bond acceptors (Lipinski definition) is 4. The number of aromatic nitrogens is 2. The average Bonchev–Trinajstić information content (AvgIpc) is 3.18. The number of aryl methyl sites for hydroxylation is 1. The van der Waals surface area contributed by atoms with Gasteiger partial charge in [-0.25, -0.2) is 4.98 Å². The Labute approximate surface area is 135 Å². The molecule has 0 spiro atoms. The molecule has 0 aliphatic rings. The lowest BCUT2D eigenvalue weighted by molar-refractivity contribution is 0.432. The summed E-state index contributed by atoms with van der Waals surface area (Å²) in [6.07, 6.45) is 6.44. The van der Waals surface area contributed by atoms with Crippen molar-refractivity contribution in [1.82, 2.24) is 14.9 Å². The smallest absolute Gasteiger partial charge is 0.133 e.